The SMILES string of the molecule is Cc1ccccc1CCC(Br)Cc1c(F)cccc1Cl. The smallest absolute Gasteiger partial charge is 0.127 e. The highest BCUT2D eigenvalue weighted by molar-refractivity contribution is 9.09. The molecule has 0 aliphatic heterocycles. The van der Waals surface area contributed by atoms with Gasteiger partial charge < -0.3 is 0 Å². The fourth-order valence-electron chi connectivity index (χ4n) is 2.25. The first-order valence-electron chi connectivity index (χ1n) is 6.69. The summed E-state index contributed by atoms with van der Waals surface area (Å²) in [5.74, 6) is -0.224. The first-order valence-corrected chi connectivity index (χ1v) is 7.98. The summed E-state index contributed by atoms with van der Waals surface area (Å²) in [5, 5.41) is 0.505. The van der Waals surface area contributed by atoms with E-state index in [-0.39, 0.29) is 10.6 Å². The average Bonchev–Trinajstić information content (AvgIpc) is 2.42. The van der Waals surface area contributed by atoms with Crippen molar-refractivity contribution in [2.24, 2.45) is 0 Å². The molecule has 0 aromatic heterocycles. The van der Waals surface area contributed by atoms with Crippen molar-refractivity contribution in [3.8, 4) is 0 Å². The molecule has 0 bridgehead atoms. The summed E-state index contributed by atoms with van der Waals surface area (Å²) in [6.07, 6.45) is 2.54. The lowest BCUT2D eigenvalue weighted by molar-refractivity contribution is 0.603. The lowest BCUT2D eigenvalue weighted by Crippen LogP contribution is -2.07. The van der Waals surface area contributed by atoms with Crippen molar-refractivity contribution in [1.29, 1.82) is 0 Å². The molecule has 1 atom stereocenters. The molecule has 0 fully saturated rings. The highest BCUT2D eigenvalue weighted by Gasteiger charge is 2.13. The molecule has 0 amide bonds. The van der Waals surface area contributed by atoms with Crippen LogP contribution in [-0.2, 0) is 12.8 Å². The Morgan fingerprint density at radius 2 is 1.90 bits per heavy atom. The van der Waals surface area contributed by atoms with E-state index in [1.165, 1.54) is 17.2 Å². The summed E-state index contributed by atoms with van der Waals surface area (Å²) < 4.78 is 13.7. The first-order chi connectivity index (χ1) is 9.58. The number of alkyl halides is 1. The van der Waals surface area contributed by atoms with E-state index in [0.29, 0.717) is 17.0 Å². The topological polar surface area (TPSA) is 0 Å². The van der Waals surface area contributed by atoms with E-state index in [0.717, 1.165) is 12.8 Å². The zero-order valence-electron chi connectivity index (χ0n) is 11.4. The minimum atomic E-state index is -0.224. The molecule has 0 spiro atoms. The van der Waals surface area contributed by atoms with Gasteiger partial charge in [-0.1, -0.05) is 57.9 Å². The average molecular weight is 356 g/mol. The maximum Gasteiger partial charge on any atom is 0.127 e. The van der Waals surface area contributed by atoms with Gasteiger partial charge in [-0.05, 0) is 49.4 Å². The monoisotopic (exact) mass is 354 g/mol. The van der Waals surface area contributed by atoms with E-state index in [4.69, 9.17) is 11.6 Å². The van der Waals surface area contributed by atoms with Gasteiger partial charge in [-0.2, -0.15) is 0 Å². The Bertz CT molecular complexity index is 563. The van der Waals surface area contributed by atoms with Crippen molar-refractivity contribution >= 4 is 27.5 Å². The molecule has 106 valence electrons. The second-order valence-corrected chi connectivity index (χ2v) is 6.67. The summed E-state index contributed by atoms with van der Waals surface area (Å²) >= 11 is 9.69. The van der Waals surface area contributed by atoms with E-state index < -0.39 is 0 Å². The molecule has 2 aromatic carbocycles. The molecule has 0 saturated carbocycles. The van der Waals surface area contributed by atoms with Crippen LogP contribution in [0.2, 0.25) is 5.02 Å². The number of hydrogen-bond donors (Lipinski definition) is 0. The van der Waals surface area contributed by atoms with Crippen LogP contribution in [-0.4, -0.2) is 4.83 Å². The first kappa shape index (κ1) is 15.5. The Morgan fingerprint density at radius 1 is 1.15 bits per heavy atom. The molecule has 2 rings (SSSR count). The molecule has 0 N–H and O–H groups in total. The molecule has 1 unspecified atom stereocenters. The van der Waals surface area contributed by atoms with Crippen molar-refractivity contribution in [2.75, 3.05) is 0 Å². The lowest BCUT2D eigenvalue weighted by Gasteiger charge is -2.13. The number of aryl methyl sites for hydroxylation is 2. The third-order valence-corrected chi connectivity index (χ3v) is 4.61. The van der Waals surface area contributed by atoms with Gasteiger partial charge in [-0.25, -0.2) is 4.39 Å². The molecular formula is C17H17BrClF. The summed E-state index contributed by atoms with van der Waals surface area (Å²) in [7, 11) is 0. The summed E-state index contributed by atoms with van der Waals surface area (Å²) in [6.45, 7) is 2.12. The minimum Gasteiger partial charge on any atom is -0.207 e. The Kier molecular flexibility index (Phi) is 5.62. The second-order valence-electron chi connectivity index (χ2n) is 4.97. The summed E-state index contributed by atoms with van der Waals surface area (Å²) in [6, 6.07) is 13.2. The van der Waals surface area contributed by atoms with Gasteiger partial charge in [0.25, 0.3) is 0 Å². The number of hydrogen-bond acceptors (Lipinski definition) is 0. The highest BCUT2D eigenvalue weighted by Crippen LogP contribution is 2.24. The van der Waals surface area contributed by atoms with Crippen molar-refractivity contribution < 1.29 is 4.39 Å². The minimum absolute atomic E-state index is 0.219. The van der Waals surface area contributed by atoms with Crippen LogP contribution in [0.3, 0.4) is 0 Å². The fraction of sp³-hybridized carbons (Fsp3) is 0.294. The molecule has 2 aromatic rings. The predicted molar refractivity (Wildman–Crippen MR) is 87.3 cm³/mol. The molecule has 0 radical (unpaired) electrons. The van der Waals surface area contributed by atoms with Crippen LogP contribution < -0.4 is 0 Å². The van der Waals surface area contributed by atoms with Gasteiger partial charge in [0.15, 0.2) is 0 Å². The molecule has 0 aliphatic rings. The third-order valence-electron chi connectivity index (χ3n) is 3.48. The van der Waals surface area contributed by atoms with Crippen LogP contribution in [0.25, 0.3) is 0 Å². The zero-order chi connectivity index (χ0) is 14.5. The quantitative estimate of drug-likeness (QED) is 0.601. The van der Waals surface area contributed by atoms with E-state index in [2.05, 4.69) is 41.1 Å². The second kappa shape index (κ2) is 7.24. The normalized spacial score (nSPS) is 12.4. The molecule has 20 heavy (non-hydrogen) atoms. The molecule has 0 heterocycles. The maximum atomic E-state index is 13.7. The molecule has 0 nitrogen and oxygen atoms in total. The van der Waals surface area contributed by atoms with Crippen LogP contribution in [0.1, 0.15) is 23.1 Å². The molecule has 0 saturated heterocycles. The Hall–Kier alpha value is -0.860. The van der Waals surface area contributed by atoms with Crippen molar-refractivity contribution in [3.63, 3.8) is 0 Å². The maximum absolute atomic E-state index is 13.7. The van der Waals surface area contributed by atoms with Crippen molar-refractivity contribution in [3.05, 3.63) is 70.0 Å². The van der Waals surface area contributed by atoms with Crippen LogP contribution in [0, 0.1) is 12.7 Å². The van der Waals surface area contributed by atoms with Gasteiger partial charge in [-0.15, -0.1) is 0 Å². The van der Waals surface area contributed by atoms with Gasteiger partial charge >= 0.3 is 0 Å². The molecular weight excluding hydrogens is 339 g/mol. The van der Waals surface area contributed by atoms with Crippen LogP contribution >= 0.6 is 27.5 Å². The van der Waals surface area contributed by atoms with Crippen LogP contribution in [0.5, 0.6) is 0 Å². The fourth-order valence-corrected chi connectivity index (χ4v) is 3.05. The lowest BCUT2D eigenvalue weighted by atomic mass is 10.0. The molecule has 0 aliphatic carbocycles. The Labute approximate surface area is 133 Å². The van der Waals surface area contributed by atoms with Crippen LogP contribution in [0.15, 0.2) is 42.5 Å². The van der Waals surface area contributed by atoms with E-state index >= 15 is 0 Å². The van der Waals surface area contributed by atoms with E-state index in [9.17, 15) is 4.39 Å². The predicted octanol–water partition coefficient (Wildman–Crippen LogP) is 5.73. The largest absolute Gasteiger partial charge is 0.207 e. The van der Waals surface area contributed by atoms with Gasteiger partial charge in [-0.3, -0.25) is 0 Å². The summed E-state index contributed by atoms with van der Waals surface area (Å²) in [4.78, 5) is 0.219. The van der Waals surface area contributed by atoms with E-state index in [1.807, 2.05) is 6.07 Å². The van der Waals surface area contributed by atoms with Crippen molar-refractivity contribution in [1.82, 2.24) is 0 Å². The summed E-state index contributed by atoms with van der Waals surface area (Å²) in [5.41, 5.74) is 3.24. The van der Waals surface area contributed by atoms with Gasteiger partial charge in [0.05, 0.1) is 0 Å². The van der Waals surface area contributed by atoms with Gasteiger partial charge in [0, 0.05) is 15.4 Å². The highest BCUT2D eigenvalue weighted by atomic mass is 79.9. The van der Waals surface area contributed by atoms with Gasteiger partial charge in [0.1, 0.15) is 5.82 Å². The standard InChI is InChI=1S/C17H17BrClF/c1-12-5-2-3-6-13(12)9-10-14(18)11-15-16(19)7-4-8-17(15)20/h2-8,14H,9-11H2,1H3. The third kappa shape index (κ3) is 4.07. The Morgan fingerprint density at radius 3 is 2.60 bits per heavy atom. The van der Waals surface area contributed by atoms with Crippen LogP contribution in [0.4, 0.5) is 4.39 Å². The number of halogens is 3. The molecule has 3 heteroatoms. The zero-order valence-corrected chi connectivity index (χ0v) is 13.7. The number of rotatable bonds is 5. The van der Waals surface area contributed by atoms with E-state index in [1.54, 1.807) is 12.1 Å². The van der Waals surface area contributed by atoms with Gasteiger partial charge in [0.2, 0.25) is 0 Å². The number of benzene rings is 2. The Balaban J connectivity index is 1.96. The van der Waals surface area contributed by atoms with Crippen molar-refractivity contribution in [2.45, 2.75) is 31.0 Å².